The third-order valence-electron chi connectivity index (χ3n) is 9.01. The number of ketones is 1. The van der Waals surface area contributed by atoms with Crippen molar-refractivity contribution in [3.63, 3.8) is 0 Å². The summed E-state index contributed by atoms with van der Waals surface area (Å²) in [6.45, 7) is 4.12. The van der Waals surface area contributed by atoms with Crippen LogP contribution in [-0.4, -0.2) is 66.3 Å². The molecule has 3 aliphatic rings. The van der Waals surface area contributed by atoms with Gasteiger partial charge in [0, 0.05) is 44.3 Å². The number of aromatic nitrogens is 3. The summed E-state index contributed by atoms with van der Waals surface area (Å²) in [6.07, 6.45) is 12.9. The maximum Gasteiger partial charge on any atom is 0.229 e. The van der Waals surface area contributed by atoms with E-state index in [0.717, 1.165) is 29.5 Å². The van der Waals surface area contributed by atoms with Gasteiger partial charge in [0.25, 0.3) is 0 Å². The SMILES string of the molecule is NCCOCCOCCCC(=O)c1ccc(CNc2nc(NCC3CCCCC3)nc(NC3CC4CCC3C4)n2)cc1. The molecule has 3 unspecified atom stereocenters. The molecule has 0 spiro atoms. The number of carbonyl (C=O) groups is 1. The predicted octanol–water partition coefficient (Wildman–Crippen LogP) is 5.03. The van der Waals surface area contributed by atoms with Crippen LogP contribution in [0.2, 0.25) is 0 Å². The minimum atomic E-state index is 0.125. The van der Waals surface area contributed by atoms with Gasteiger partial charge in [-0.2, -0.15) is 15.0 Å². The van der Waals surface area contributed by atoms with Crippen LogP contribution < -0.4 is 21.7 Å². The van der Waals surface area contributed by atoms with Crippen LogP contribution in [0.4, 0.5) is 17.8 Å². The second kappa shape index (κ2) is 16.1. The zero-order chi connectivity index (χ0) is 29.0. The smallest absolute Gasteiger partial charge is 0.229 e. The van der Waals surface area contributed by atoms with Gasteiger partial charge in [0.2, 0.25) is 17.8 Å². The molecule has 230 valence electrons. The van der Waals surface area contributed by atoms with Crippen molar-refractivity contribution >= 4 is 23.6 Å². The number of carbonyl (C=O) groups excluding carboxylic acids is 1. The fraction of sp³-hybridized carbons (Fsp3) is 0.688. The van der Waals surface area contributed by atoms with Crippen LogP contribution in [0.15, 0.2) is 24.3 Å². The number of anilines is 3. The summed E-state index contributed by atoms with van der Waals surface area (Å²) in [6, 6.07) is 8.23. The molecule has 0 saturated heterocycles. The van der Waals surface area contributed by atoms with Crippen molar-refractivity contribution in [1.82, 2.24) is 15.0 Å². The first-order valence-corrected chi connectivity index (χ1v) is 16.1. The first-order chi connectivity index (χ1) is 20.7. The van der Waals surface area contributed by atoms with Crippen LogP contribution in [0.5, 0.6) is 0 Å². The molecule has 1 heterocycles. The summed E-state index contributed by atoms with van der Waals surface area (Å²) in [5.74, 6) is 4.25. The molecule has 5 rings (SSSR count). The minimum Gasteiger partial charge on any atom is -0.379 e. The van der Waals surface area contributed by atoms with E-state index < -0.39 is 0 Å². The highest BCUT2D eigenvalue weighted by atomic mass is 16.5. The lowest BCUT2D eigenvalue weighted by Crippen LogP contribution is -2.27. The first-order valence-electron chi connectivity index (χ1n) is 16.1. The quantitative estimate of drug-likeness (QED) is 0.141. The molecule has 3 fully saturated rings. The average molecular weight is 580 g/mol. The van der Waals surface area contributed by atoms with E-state index in [4.69, 9.17) is 30.2 Å². The van der Waals surface area contributed by atoms with Gasteiger partial charge in [-0.3, -0.25) is 4.79 Å². The minimum absolute atomic E-state index is 0.125. The summed E-state index contributed by atoms with van der Waals surface area (Å²) < 4.78 is 10.8. The Kier molecular flexibility index (Phi) is 11.8. The van der Waals surface area contributed by atoms with Crippen LogP contribution in [0.25, 0.3) is 0 Å². The van der Waals surface area contributed by atoms with Crippen LogP contribution in [0.1, 0.15) is 86.6 Å². The van der Waals surface area contributed by atoms with Crippen molar-refractivity contribution in [1.29, 1.82) is 0 Å². The third-order valence-corrected chi connectivity index (χ3v) is 9.01. The molecule has 2 bridgehead atoms. The monoisotopic (exact) mass is 579 g/mol. The average Bonchev–Trinajstić information content (AvgIpc) is 3.65. The van der Waals surface area contributed by atoms with Crippen LogP contribution in [-0.2, 0) is 16.0 Å². The molecule has 10 heteroatoms. The van der Waals surface area contributed by atoms with Crippen molar-refractivity contribution in [2.75, 3.05) is 55.5 Å². The van der Waals surface area contributed by atoms with E-state index in [9.17, 15) is 4.79 Å². The first kappa shape index (κ1) is 30.6. The maximum atomic E-state index is 12.6. The maximum absolute atomic E-state index is 12.6. The van der Waals surface area contributed by atoms with Gasteiger partial charge in [0.05, 0.1) is 19.8 Å². The number of hydrogen-bond donors (Lipinski definition) is 4. The summed E-state index contributed by atoms with van der Waals surface area (Å²) >= 11 is 0. The standard InChI is InChI=1S/C32H49N7O3/c33-14-16-42-18-17-41-15-4-7-29(40)26-11-8-24(9-12-26)22-35-31-37-30(34-21-23-5-2-1-3-6-23)38-32(39-31)36-28-20-25-10-13-27(28)19-25/h8-9,11-12,23,25,27-28H,1-7,10,13-22,33H2,(H3,34,35,36,37,38,39). The lowest BCUT2D eigenvalue weighted by Gasteiger charge is -2.24. The molecule has 5 N–H and O–H groups in total. The Morgan fingerprint density at radius 3 is 2.29 bits per heavy atom. The lowest BCUT2D eigenvalue weighted by atomic mass is 9.89. The van der Waals surface area contributed by atoms with E-state index in [1.807, 2.05) is 24.3 Å². The highest BCUT2D eigenvalue weighted by Crippen LogP contribution is 2.45. The Labute approximate surface area is 250 Å². The number of Topliss-reactive ketones (excluding diaryl/α,β-unsaturated/α-hetero) is 1. The third kappa shape index (κ3) is 9.34. The molecule has 2 aromatic rings. The summed E-state index contributed by atoms with van der Waals surface area (Å²) in [4.78, 5) is 26.8. The Bertz CT molecular complexity index is 1110. The molecule has 1 aromatic carbocycles. The zero-order valence-corrected chi connectivity index (χ0v) is 25.0. The van der Waals surface area contributed by atoms with E-state index >= 15 is 0 Å². The lowest BCUT2D eigenvalue weighted by molar-refractivity contribution is 0.0489. The Morgan fingerprint density at radius 2 is 1.57 bits per heavy atom. The molecular formula is C32H49N7O3. The van der Waals surface area contributed by atoms with E-state index in [2.05, 4.69) is 16.0 Å². The largest absolute Gasteiger partial charge is 0.379 e. The number of nitrogens with one attached hydrogen (secondary N) is 3. The summed E-state index contributed by atoms with van der Waals surface area (Å²) in [7, 11) is 0. The molecule has 42 heavy (non-hydrogen) atoms. The van der Waals surface area contributed by atoms with Gasteiger partial charge in [-0.25, -0.2) is 0 Å². The van der Waals surface area contributed by atoms with Crippen molar-refractivity contribution in [3.05, 3.63) is 35.4 Å². The van der Waals surface area contributed by atoms with Gasteiger partial charge in [0.15, 0.2) is 5.78 Å². The normalized spacial score (nSPS) is 21.9. The molecule has 0 aliphatic heterocycles. The highest BCUT2D eigenvalue weighted by molar-refractivity contribution is 5.96. The number of nitrogens with zero attached hydrogens (tertiary/aromatic N) is 3. The molecule has 10 nitrogen and oxygen atoms in total. The van der Waals surface area contributed by atoms with Gasteiger partial charge in [-0.15, -0.1) is 0 Å². The Balaban J connectivity index is 1.11. The van der Waals surface area contributed by atoms with Crippen molar-refractivity contribution in [2.45, 2.75) is 83.2 Å². The van der Waals surface area contributed by atoms with Gasteiger partial charge in [-0.05, 0) is 61.8 Å². The molecule has 0 amide bonds. The van der Waals surface area contributed by atoms with Crippen LogP contribution in [0, 0.1) is 17.8 Å². The molecular weight excluding hydrogens is 530 g/mol. The van der Waals surface area contributed by atoms with E-state index in [1.54, 1.807) is 0 Å². The highest BCUT2D eigenvalue weighted by Gasteiger charge is 2.39. The number of benzene rings is 1. The van der Waals surface area contributed by atoms with Crippen molar-refractivity contribution < 1.29 is 14.3 Å². The second-order valence-corrected chi connectivity index (χ2v) is 12.2. The molecule has 1 aromatic heterocycles. The Hall–Kier alpha value is -2.82. The second-order valence-electron chi connectivity index (χ2n) is 12.2. The predicted molar refractivity (Wildman–Crippen MR) is 166 cm³/mol. The topological polar surface area (TPSA) is 136 Å². The van der Waals surface area contributed by atoms with Crippen LogP contribution in [0.3, 0.4) is 0 Å². The van der Waals surface area contributed by atoms with E-state index in [0.29, 0.717) is 82.2 Å². The number of fused-ring (bicyclic) bond motifs is 2. The summed E-state index contributed by atoms with van der Waals surface area (Å²) in [5.41, 5.74) is 7.17. The molecule has 0 radical (unpaired) electrons. The summed E-state index contributed by atoms with van der Waals surface area (Å²) in [5, 5.41) is 10.5. The number of rotatable bonds is 18. The number of ether oxygens (including phenoxy) is 2. The van der Waals surface area contributed by atoms with E-state index in [-0.39, 0.29) is 5.78 Å². The fourth-order valence-corrected chi connectivity index (χ4v) is 6.69. The van der Waals surface area contributed by atoms with Gasteiger partial charge < -0.3 is 31.2 Å². The molecule has 3 saturated carbocycles. The Morgan fingerprint density at radius 1 is 0.833 bits per heavy atom. The fourth-order valence-electron chi connectivity index (χ4n) is 6.69. The zero-order valence-electron chi connectivity index (χ0n) is 25.0. The van der Waals surface area contributed by atoms with Crippen molar-refractivity contribution in [2.24, 2.45) is 23.5 Å². The molecule has 3 atom stereocenters. The number of hydrogen-bond acceptors (Lipinski definition) is 10. The molecule has 3 aliphatic carbocycles. The van der Waals surface area contributed by atoms with Gasteiger partial charge in [-0.1, -0.05) is 49.9 Å². The van der Waals surface area contributed by atoms with E-state index in [1.165, 1.54) is 57.8 Å². The van der Waals surface area contributed by atoms with Gasteiger partial charge in [0.1, 0.15) is 0 Å². The number of nitrogens with two attached hydrogens (primary N) is 1. The van der Waals surface area contributed by atoms with Gasteiger partial charge >= 0.3 is 0 Å². The van der Waals surface area contributed by atoms with Crippen molar-refractivity contribution in [3.8, 4) is 0 Å². The van der Waals surface area contributed by atoms with Crippen LogP contribution >= 0.6 is 0 Å².